The average molecular weight is 362 g/mol. The smallest absolute Gasteiger partial charge is 0.191 e. The first-order valence-electron chi connectivity index (χ1n) is 8.61. The average Bonchev–Trinajstić information content (AvgIpc) is 3.16. The van der Waals surface area contributed by atoms with E-state index in [9.17, 15) is 0 Å². The molecule has 0 amide bonds. The quantitative estimate of drug-likeness (QED) is 0.527. The van der Waals surface area contributed by atoms with Crippen molar-refractivity contribution < 1.29 is 9.47 Å². The number of hydrogen-bond donors (Lipinski definition) is 2. The van der Waals surface area contributed by atoms with E-state index in [1.54, 1.807) is 18.4 Å². The van der Waals surface area contributed by atoms with E-state index in [1.807, 2.05) is 18.2 Å². The van der Waals surface area contributed by atoms with Gasteiger partial charge in [-0.1, -0.05) is 19.1 Å². The van der Waals surface area contributed by atoms with Crippen LogP contribution in [0.3, 0.4) is 0 Å². The van der Waals surface area contributed by atoms with E-state index in [0.717, 1.165) is 42.5 Å². The van der Waals surface area contributed by atoms with Crippen LogP contribution >= 0.6 is 11.3 Å². The summed E-state index contributed by atoms with van der Waals surface area (Å²) in [4.78, 5) is 5.94. The summed E-state index contributed by atoms with van der Waals surface area (Å²) < 4.78 is 11.1. The lowest BCUT2D eigenvalue weighted by Crippen LogP contribution is -2.36. The molecule has 0 fully saturated rings. The van der Waals surface area contributed by atoms with Crippen LogP contribution in [0.1, 0.15) is 30.7 Å². The van der Waals surface area contributed by atoms with E-state index < -0.39 is 0 Å². The minimum atomic E-state index is 0.574. The summed E-state index contributed by atoms with van der Waals surface area (Å²) >= 11 is 1.73. The molecule has 25 heavy (non-hydrogen) atoms. The Hall–Kier alpha value is -2.21. The van der Waals surface area contributed by atoms with Crippen LogP contribution in [-0.4, -0.2) is 26.2 Å². The molecule has 0 bridgehead atoms. The second kappa shape index (κ2) is 10.6. The zero-order valence-corrected chi connectivity index (χ0v) is 16.0. The Morgan fingerprint density at radius 3 is 2.72 bits per heavy atom. The summed E-state index contributed by atoms with van der Waals surface area (Å²) in [6.07, 6.45) is 0.969. The molecule has 1 aromatic carbocycles. The first-order chi connectivity index (χ1) is 12.3. The molecule has 5 nitrogen and oxygen atoms in total. The summed E-state index contributed by atoms with van der Waals surface area (Å²) in [7, 11) is 1.66. The van der Waals surface area contributed by atoms with Gasteiger partial charge in [-0.3, -0.25) is 0 Å². The third kappa shape index (κ3) is 6.31. The van der Waals surface area contributed by atoms with E-state index in [0.29, 0.717) is 13.2 Å². The molecule has 2 rings (SSSR count). The Balaban J connectivity index is 2.00. The molecule has 1 heterocycles. The normalized spacial score (nSPS) is 11.2. The van der Waals surface area contributed by atoms with Crippen LogP contribution < -0.4 is 20.1 Å². The number of ether oxygens (including phenoxy) is 2. The number of thiophene rings is 1. The van der Waals surface area contributed by atoms with Crippen molar-refractivity contribution in [3.63, 3.8) is 0 Å². The number of hydrogen-bond acceptors (Lipinski definition) is 4. The van der Waals surface area contributed by atoms with E-state index in [4.69, 9.17) is 9.47 Å². The predicted molar refractivity (Wildman–Crippen MR) is 105 cm³/mol. The molecule has 2 N–H and O–H groups in total. The summed E-state index contributed by atoms with van der Waals surface area (Å²) in [5.41, 5.74) is 1.08. The Bertz CT molecular complexity index is 657. The summed E-state index contributed by atoms with van der Waals surface area (Å²) in [5.74, 6) is 2.33. The highest BCUT2D eigenvalue weighted by Gasteiger charge is 2.06. The largest absolute Gasteiger partial charge is 0.493 e. The predicted octanol–water partition coefficient (Wildman–Crippen LogP) is 3.80. The van der Waals surface area contributed by atoms with Crippen molar-refractivity contribution in [2.45, 2.75) is 33.4 Å². The Kier molecular flexibility index (Phi) is 8.12. The molecule has 0 aliphatic carbocycles. The summed E-state index contributed by atoms with van der Waals surface area (Å²) in [6.45, 7) is 7.00. The van der Waals surface area contributed by atoms with Crippen LogP contribution in [-0.2, 0) is 13.1 Å². The van der Waals surface area contributed by atoms with E-state index >= 15 is 0 Å². The van der Waals surface area contributed by atoms with Gasteiger partial charge in [-0.05, 0) is 42.5 Å². The fourth-order valence-electron chi connectivity index (χ4n) is 2.24. The molecule has 0 radical (unpaired) electrons. The number of nitrogens with zero attached hydrogens (tertiary/aromatic N) is 1. The molecule has 2 aromatic rings. The minimum Gasteiger partial charge on any atom is -0.493 e. The van der Waals surface area contributed by atoms with Crippen LogP contribution in [0.25, 0.3) is 0 Å². The highest BCUT2D eigenvalue weighted by molar-refractivity contribution is 7.09. The number of rotatable bonds is 9. The number of nitrogens with one attached hydrogen (secondary N) is 2. The summed E-state index contributed by atoms with van der Waals surface area (Å²) in [6, 6.07) is 10.1. The van der Waals surface area contributed by atoms with Crippen molar-refractivity contribution in [2.24, 2.45) is 4.99 Å². The van der Waals surface area contributed by atoms with Gasteiger partial charge in [-0.25, -0.2) is 4.99 Å². The topological polar surface area (TPSA) is 54.9 Å². The van der Waals surface area contributed by atoms with Crippen LogP contribution in [0.5, 0.6) is 11.5 Å². The first-order valence-corrected chi connectivity index (χ1v) is 9.49. The van der Waals surface area contributed by atoms with Crippen molar-refractivity contribution in [1.29, 1.82) is 0 Å². The fraction of sp³-hybridized carbons (Fsp3) is 0.421. The molecular weight excluding hydrogens is 334 g/mol. The lowest BCUT2D eigenvalue weighted by atomic mass is 10.2. The Morgan fingerprint density at radius 2 is 2.04 bits per heavy atom. The molecular formula is C19H27N3O2S. The maximum Gasteiger partial charge on any atom is 0.191 e. The number of guanidine groups is 1. The van der Waals surface area contributed by atoms with Gasteiger partial charge in [-0.15, -0.1) is 11.3 Å². The van der Waals surface area contributed by atoms with Gasteiger partial charge in [-0.2, -0.15) is 0 Å². The molecule has 1 aromatic heterocycles. The van der Waals surface area contributed by atoms with Gasteiger partial charge < -0.3 is 20.1 Å². The molecule has 0 aliphatic rings. The molecule has 136 valence electrons. The van der Waals surface area contributed by atoms with Gasteiger partial charge >= 0.3 is 0 Å². The maximum atomic E-state index is 5.69. The van der Waals surface area contributed by atoms with Crippen molar-refractivity contribution in [1.82, 2.24) is 10.6 Å². The highest BCUT2D eigenvalue weighted by atomic mass is 32.1. The van der Waals surface area contributed by atoms with Gasteiger partial charge in [0.25, 0.3) is 0 Å². The van der Waals surface area contributed by atoms with Crippen molar-refractivity contribution in [3.05, 3.63) is 46.2 Å². The first kappa shape index (κ1) is 19.1. The molecule has 0 spiro atoms. The van der Waals surface area contributed by atoms with Gasteiger partial charge in [0.05, 0.1) is 26.8 Å². The van der Waals surface area contributed by atoms with Crippen molar-refractivity contribution in [2.75, 3.05) is 20.3 Å². The lowest BCUT2D eigenvalue weighted by Gasteiger charge is -2.12. The van der Waals surface area contributed by atoms with Gasteiger partial charge in [0.2, 0.25) is 0 Å². The zero-order valence-electron chi connectivity index (χ0n) is 15.2. The summed E-state index contributed by atoms with van der Waals surface area (Å²) in [5, 5.41) is 8.70. The van der Waals surface area contributed by atoms with Gasteiger partial charge in [0, 0.05) is 11.4 Å². The molecule has 0 saturated carbocycles. The molecule has 0 aliphatic heterocycles. The Labute approximate surface area is 154 Å². The second-order valence-corrected chi connectivity index (χ2v) is 6.49. The lowest BCUT2D eigenvalue weighted by molar-refractivity contribution is 0.294. The SMILES string of the molecule is CCCOc1ccc(CN=C(NCC)NCc2cccs2)cc1OC. The number of aliphatic imine (C=N–C) groups is 1. The van der Waals surface area contributed by atoms with E-state index in [1.165, 1.54) is 4.88 Å². The Morgan fingerprint density at radius 1 is 1.16 bits per heavy atom. The van der Waals surface area contributed by atoms with Crippen molar-refractivity contribution in [3.8, 4) is 11.5 Å². The monoisotopic (exact) mass is 361 g/mol. The van der Waals surface area contributed by atoms with Gasteiger partial charge in [0.15, 0.2) is 17.5 Å². The number of benzene rings is 1. The molecule has 6 heteroatoms. The molecule has 0 saturated heterocycles. The molecule has 0 unspecified atom stereocenters. The zero-order chi connectivity index (χ0) is 17.9. The highest BCUT2D eigenvalue weighted by Crippen LogP contribution is 2.28. The van der Waals surface area contributed by atoms with Crippen LogP contribution in [0.15, 0.2) is 40.7 Å². The second-order valence-electron chi connectivity index (χ2n) is 5.46. The minimum absolute atomic E-state index is 0.574. The van der Waals surface area contributed by atoms with Crippen molar-refractivity contribution >= 4 is 17.3 Å². The van der Waals surface area contributed by atoms with Gasteiger partial charge in [0.1, 0.15) is 0 Å². The third-order valence-corrected chi connectivity index (χ3v) is 4.34. The van der Waals surface area contributed by atoms with Crippen LogP contribution in [0.2, 0.25) is 0 Å². The standard InChI is InChI=1S/C19H27N3O2S/c1-4-10-24-17-9-8-15(12-18(17)23-3)13-21-19(20-5-2)22-14-16-7-6-11-25-16/h6-9,11-12H,4-5,10,13-14H2,1-3H3,(H2,20,21,22). The van der Waals surface area contributed by atoms with E-state index in [-0.39, 0.29) is 0 Å². The van der Waals surface area contributed by atoms with E-state index in [2.05, 4.69) is 47.0 Å². The van der Waals surface area contributed by atoms with Crippen LogP contribution in [0.4, 0.5) is 0 Å². The maximum absolute atomic E-state index is 5.69. The number of methoxy groups -OCH3 is 1. The fourth-order valence-corrected chi connectivity index (χ4v) is 2.88. The molecule has 0 atom stereocenters. The van der Waals surface area contributed by atoms with Crippen LogP contribution in [0, 0.1) is 0 Å². The third-order valence-electron chi connectivity index (χ3n) is 3.46.